The minimum absolute atomic E-state index is 0.423. The number of rotatable bonds is 6. The van der Waals surface area contributed by atoms with Crippen LogP contribution in [0.4, 0.5) is 5.82 Å². The van der Waals surface area contributed by atoms with Gasteiger partial charge in [-0.2, -0.15) is 0 Å². The summed E-state index contributed by atoms with van der Waals surface area (Å²) in [6.45, 7) is 5.68. The lowest BCUT2D eigenvalue weighted by Gasteiger charge is -2.22. The zero-order valence-corrected chi connectivity index (χ0v) is 12.4. The third-order valence-corrected chi connectivity index (χ3v) is 3.75. The van der Waals surface area contributed by atoms with Crippen LogP contribution in [0, 0.1) is 6.92 Å². The number of anilines is 1. The highest BCUT2D eigenvalue weighted by molar-refractivity contribution is 5.61. The smallest absolute Gasteiger partial charge is 0.203 e. The molecule has 0 amide bonds. The molecular formula is C14H22N6O. The van der Waals surface area contributed by atoms with Crippen molar-refractivity contribution in [3.63, 3.8) is 0 Å². The van der Waals surface area contributed by atoms with Crippen molar-refractivity contribution in [2.45, 2.75) is 32.3 Å². The molecule has 21 heavy (non-hydrogen) atoms. The van der Waals surface area contributed by atoms with E-state index in [1.165, 1.54) is 0 Å². The topological polar surface area (TPSA) is 76.4 Å². The summed E-state index contributed by atoms with van der Waals surface area (Å²) in [5, 5.41) is 14.9. The zero-order chi connectivity index (χ0) is 14.5. The number of nitrogens with zero attached hydrogens (tertiary/aromatic N) is 4. The Bertz CT molecular complexity index is 578. The molecule has 2 aromatic rings. The van der Waals surface area contributed by atoms with Crippen molar-refractivity contribution in [3.05, 3.63) is 18.2 Å². The van der Waals surface area contributed by atoms with E-state index >= 15 is 0 Å². The highest BCUT2D eigenvalue weighted by atomic mass is 16.5. The Morgan fingerprint density at radius 2 is 2.24 bits per heavy atom. The molecule has 0 saturated carbocycles. The molecule has 3 rings (SSSR count). The standard InChI is InChI=1S/C14H22N6O/c1-11-18-19-14-13(17-8-9-20(11)14)16-5-2-10-21-12-3-6-15-7-4-12/h8-9,12,15H,2-7,10H2,1H3,(H,16,17). The number of aryl methyl sites for hydroxylation is 1. The zero-order valence-electron chi connectivity index (χ0n) is 12.4. The summed E-state index contributed by atoms with van der Waals surface area (Å²) in [5.74, 6) is 1.64. The number of ether oxygens (including phenoxy) is 1. The first kappa shape index (κ1) is 14.2. The molecule has 0 bridgehead atoms. The second kappa shape index (κ2) is 6.82. The van der Waals surface area contributed by atoms with Crippen molar-refractivity contribution in [2.75, 3.05) is 31.6 Å². The van der Waals surface area contributed by atoms with Gasteiger partial charge in [-0.25, -0.2) is 4.98 Å². The average molecular weight is 290 g/mol. The van der Waals surface area contributed by atoms with Gasteiger partial charge in [-0.05, 0) is 39.3 Å². The van der Waals surface area contributed by atoms with E-state index in [0.717, 1.165) is 62.8 Å². The van der Waals surface area contributed by atoms with Crippen LogP contribution in [0.3, 0.4) is 0 Å². The number of nitrogens with one attached hydrogen (secondary N) is 2. The van der Waals surface area contributed by atoms with Crippen LogP contribution in [0.25, 0.3) is 5.65 Å². The van der Waals surface area contributed by atoms with Crippen molar-refractivity contribution >= 4 is 11.5 Å². The van der Waals surface area contributed by atoms with Crippen LogP contribution < -0.4 is 10.6 Å². The van der Waals surface area contributed by atoms with Gasteiger partial charge in [0.25, 0.3) is 0 Å². The van der Waals surface area contributed by atoms with Crippen molar-refractivity contribution in [1.29, 1.82) is 0 Å². The van der Waals surface area contributed by atoms with E-state index in [2.05, 4.69) is 25.8 Å². The predicted molar refractivity (Wildman–Crippen MR) is 80.5 cm³/mol. The molecule has 114 valence electrons. The number of hydrogen-bond donors (Lipinski definition) is 2. The fourth-order valence-corrected chi connectivity index (χ4v) is 2.56. The van der Waals surface area contributed by atoms with Crippen LogP contribution >= 0.6 is 0 Å². The van der Waals surface area contributed by atoms with Gasteiger partial charge in [-0.3, -0.25) is 4.40 Å². The van der Waals surface area contributed by atoms with Crippen LogP contribution in [0.15, 0.2) is 12.4 Å². The van der Waals surface area contributed by atoms with E-state index in [0.29, 0.717) is 6.10 Å². The summed E-state index contributed by atoms with van der Waals surface area (Å²) < 4.78 is 7.81. The molecule has 3 heterocycles. The van der Waals surface area contributed by atoms with Gasteiger partial charge in [0.2, 0.25) is 5.65 Å². The van der Waals surface area contributed by atoms with Crippen LogP contribution in [-0.4, -0.2) is 51.9 Å². The molecule has 1 aliphatic rings. The molecule has 7 heteroatoms. The van der Waals surface area contributed by atoms with E-state index < -0.39 is 0 Å². The molecule has 0 aromatic carbocycles. The Hall–Kier alpha value is -1.73. The largest absolute Gasteiger partial charge is 0.378 e. The number of hydrogen-bond acceptors (Lipinski definition) is 6. The van der Waals surface area contributed by atoms with Crippen molar-refractivity contribution in [1.82, 2.24) is 24.9 Å². The highest BCUT2D eigenvalue weighted by Gasteiger charge is 2.12. The maximum atomic E-state index is 5.88. The minimum Gasteiger partial charge on any atom is -0.378 e. The first-order valence-corrected chi connectivity index (χ1v) is 7.57. The van der Waals surface area contributed by atoms with Gasteiger partial charge < -0.3 is 15.4 Å². The van der Waals surface area contributed by atoms with E-state index in [-0.39, 0.29) is 0 Å². The van der Waals surface area contributed by atoms with Crippen LogP contribution in [-0.2, 0) is 4.74 Å². The lowest BCUT2D eigenvalue weighted by atomic mass is 10.1. The Balaban J connectivity index is 1.44. The van der Waals surface area contributed by atoms with E-state index in [1.807, 2.05) is 17.5 Å². The fraction of sp³-hybridized carbons (Fsp3) is 0.643. The second-order valence-corrected chi connectivity index (χ2v) is 5.32. The second-order valence-electron chi connectivity index (χ2n) is 5.32. The molecular weight excluding hydrogens is 268 g/mol. The Kier molecular flexibility index (Phi) is 4.62. The first-order valence-electron chi connectivity index (χ1n) is 7.57. The first-order chi connectivity index (χ1) is 10.3. The molecule has 0 spiro atoms. The summed E-state index contributed by atoms with van der Waals surface area (Å²) in [4.78, 5) is 4.32. The molecule has 0 atom stereocenters. The normalized spacial score (nSPS) is 16.4. The Morgan fingerprint density at radius 3 is 3.10 bits per heavy atom. The fourth-order valence-electron chi connectivity index (χ4n) is 2.56. The van der Waals surface area contributed by atoms with Crippen LogP contribution in [0.2, 0.25) is 0 Å². The number of fused-ring (bicyclic) bond motifs is 1. The van der Waals surface area contributed by atoms with Gasteiger partial charge in [0, 0.05) is 25.5 Å². The monoisotopic (exact) mass is 290 g/mol. The van der Waals surface area contributed by atoms with Crippen LogP contribution in [0.5, 0.6) is 0 Å². The maximum absolute atomic E-state index is 5.88. The lowest BCUT2D eigenvalue weighted by Crippen LogP contribution is -2.32. The molecule has 0 radical (unpaired) electrons. The van der Waals surface area contributed by atoms with E-state index in [9.17, 15) is 0 Å². The van der Waals surface area contributed by atoms with Gasteiger partial charge in [-0.15, -0.1) is 10.2 Å². The van der Waals surface area contributed by atoms with Crippen LogP contribution in [0.1, 0.15) is 25.1 Å². The molecule has 2 aromatic heterocycles. The van der Waals surface area contributed by atoms with Gasteiger partial charge in [0.15, 0.2) is 5.82 Å². The number of aromatic nitrogens is 4. The van der Waals surface area contributed by atoms with E-state index in [1.54, 1.807) is 6.20 Å². The molecule has 0 unspecified atom stereocenters. The average Bonchev–Trinajstić information content (AvgIpc) is 2.90. The summed E-state index contributed by atoms with van der Waals surface area (Å²) in [6, 6.07) is 0. The minimum atomic E-state index is 0.423. The number of piperidine rings is 1. The predicted octanol–water partition coefficient (Wildman–Crippen LogP) is 1.00. The van der Waals surface area contributed by atoms with Gasteiger partial charge in [0.05, 0.1) is 6.10 Å². The summed E-state index contributed by atoms with van der Waals surface area (Å²) >= 11 is 0. The van der Waals surface area contributed by atoms with Crippen molar-refractivity contribution in [3.8, 4) is 0 Å². The van der Waals surface area contributed by atoms with Gasteiger partial charge in [0.1, 0.15) is 5.82 Å². The summed E-state index contributed by atoms with van der Waals surface area (Å²) in [6.07, 6.45) is 7.25. The Morgan fingerprint density at radius 1 is 1.38 bits per heavy atom. The molecule has 0 aliphatic carbocycles. The Labute approximate surface area is 124 Å². The van der Waals surface area contributed by atoms with Gasteiger partial charge in [-0.1, -0.05) is 0 Å². The molecule has 1 saturated heterocycles. The lowest BCUT2D eigenvalue weighted by molar-refractivity contribution is 0.0329. The van der Waals surface area contributed by atoms with Crippen molar-refractivity contribution in [2.24, 2.45) is 0 Å². The third kappa shape index (κ3) is 3.48. The quantitative estimate of drug-likeness (QED) is 0.773. The SMILES string of the molecule is Cc1nnc2c(NCCCOC3CCNCC3)nccn12. The van der Waals surface area contributed by atoms with Gasteiger partial charge >= 0.3 is 0 Å². The summed E-state index contributed by atoms with van der Waals surface area (Å²) in [5.41, 5.74) is 0.772. The third-order valence-electron chi connectivity index (χ3n) is 3.75. The maximum Gasteiger partial charge on any atom is 0.203 e. The van der Waals surface area contributed by atoms with E-state index in [4.69, 9.17) is 4.74 Å². The highest BCUT2D eigenvalue weighted by Crippen LogP contribution is 2.12. The molecule has 1 aliphatic heterocycles. The molecule has 7 nitrogen and oxygen atoms in total. The molecule has 2 N–H and O–H groups in total. The van der Waals surface area contributed by atoms with Crippen molar-refractivity contribution < 1.29 is 4.74 Å². The molecule has 1 fully saturated rings. The summed E-state index contributed by atoms with van der Waals surface area (Å²) in [7, 11) is 0.